The van der Waals surface area contributed by atoms with Crippen molar-refractivity contribution in [3.63, 3.8) is 0 Å². The normalized spacial score (nSPS) is 11.7. The standard InChI is InChI=1S/C14H19NO4/c1-10-5-4-6-12(7-10)19-9-13(16)15(3)8-11(2)14(17)18/h4-7,11H,8-9H2,1-3H3,(H,17,18). The van der Waals surface area contributed by atoms with Crippen LogP contribution in [0, 0.1) is 12.8 Å². The highest BCUT2D eigenvalue weighted by Gasteiger charge is 2.17. The van der Waals surface area contributed by atoms with E-state index in [0.29, 0.717) is 5.75 Å². The smallest absolute Gasteiger partial charge is 0.308 e. The first-order valence-electron chi connectivity index (χ1n) is 6.06. The molecule has 0 bridgehead atoms. The molecule has 0 saturated carbocycles. The highest BCUT2D eigenvalue weighted by Crippen LogP contribution is 2.12. The quantitative estimate of drug-likeness (QED) is 0.847. The predicted octanol–water partition coefficient (Wildman–Crippen LogP) is 1.55. The van der Waals surface area contributed by atoms with Crippen LogP contribution in [-0.2, 0) is 9.59 Å². The van der Waals surface area contributed by atoms with Crippen LogP contribution in [-0.4, -0.2) is 42.1 Å². The van der Waals surface area contributed by atoms with Gasteiger partial charge >= 0.3 is 5.97 Å². The Bertz CT molecular complexity index is 459. The first-order valence-corrected chi connectivity index (χ1v) is 6.06. The number of aryl methyl sites for hydroxylation is 1. The molecule has 0 aromatic heterocycles. The molecule has 0 aliphatic rings. The van der Waals surface area contributed by atoms with Crippen LogP contribution in [0.15, 0.2) is 24.3 Å². The number of carboxylic acids is 1. The van der Waals surface area contributed by atoms with Crippen molar-refractivity contribution in [2.24, 2.45) is 5.92 Å². The monoisotopic (exact) mass is 265 g/mol. The fourth-order valence-corrected chi connectivity index (χ4v) is 1.55. The number of carbonyl (C=O) groups excluding carboxylic acids is 1. The second-order valence-electron chi connectivity index (χ2n) is 4.62. The Labute approximate surface area is 112 Å². The highest BCUT2D eigenvalue weighted by atomic mass is 16.5. The van der Waals surface area contributed by atoms with Crippen molar-refractivity contribution in [3.8, 4) is 5.75 Å². The number of hydrogen-bond donors (Lipinski definition) is 1. The Balaban J connectivity index is 2.44. The van der Waals surface area contributed by atoms with Crippen molar-refractivity contribution in [2.45, 2.75) is 13.8 Å². The lowest BCUT2D eigenvalue weighted by atomic mass is 10.2. The third-order valence-corrected chi connectivity index (χ3v) is 2.75. The summed E-state index contributed by atoms with van der Waals surface area (Å²) in [7, 11) is 1.57. The summed E-state index contributed by atoms with van der Waals surface area (Å²) in [6.45, 7) is 3.58. The van der Waals surface area contributed by atoms with Gasteiger partial charge in [-0.05, 0) is 24.6 Å². The Morgan fingerprint density at radius 2 is 2.11 bits per heavy atom. The van der Waals surface area contributed by atoms with Crippen molar-refractivity contribution >= 4 is 11.9 Å². The van der Waals surface area contributed by atoms with Crippen LogP contribution in [0.25, 0.3) is 0 Å². The second-order valence-corrected chi connectivity index (χ2v) is 4.62. The maximum Gasteiger partial charge on any atom is 0.308 e. The summed E-state index contributed by atoms with van der Waals surface area (Å²) in [6, 6.07) is 7.41. The molecule has 104 valence electrons. The minimum Gasteiger partial charge on any atom is -0.484 e. The van der Waals surface area contributed by atoms with E-state index in [0.717, 1.165) is 5.56 Å². The van der Waals surface area contributed by atoms with Crippen LogP contribution in [0.4, 0.5) is 0 Å². The lowest BCUT2D eigenvalue weighted by molar-refractivity contribution is -0.143. The van der Waals surface area contributed by atoms with Crippen molar-refractivity contribution < 1.29 is 19.4 Å². The number of aliphatic carboxylic acids is 1. The molecule has 0 fully saturated rings. The topological polar surface area (TPSA) is 66.8 Å². The van der Waals surface area contributed by atoms with Crippen LogP contribution in [0.5, 0.6) is 5.75 Å². The van der Waals surface area contributed by atoms with Gasteiger partial charge in [0.25, 0.3) is 5.91 Å². The number of likely N-dealkylation sites (N-methyl/N-ethyl adjacent to an activating group) is 1. The summed E-state index contributed by atoms with van der Waals surface area (Å²) in [5, 5.41) is 8.78. The number of benzene rings is 1. The van der Waals surface area contributed by atoms with E-state index in [1.807, 2.05) is 25.1 Å². The molecule has 0 aliphatic heterocycles. The molecule has 5 nitrogen and oxygen atoms in total. The summed E-state index contributed by atoms with van der Waals surface area (Å²) in [6.07, 6.45) is 0. The van der Waals surface area contributed by atoms with Gasteiger partial charge in [0, 0.05) is 13.6 Å². The number of carboxylic acid groups (broad SMARTS) is 1. The lowest BCUT2D eigenvalue weighted by Crippen LogP contribution is -2.36. The number of hydrogen-bond acceptors (Lipinski definition) is 3. The molecule has 5 heteroatoms. The van der Waals surface area contributed by atoms with Gasteiger partial charge in [-0.2, -0.15) is 0 Å². The SMILES string of the molecule is Cc1cccc(OCC(=O)N(C)CC(C)C(=O)O)c1. The maximum absolute atomic E-state index is 11.8. The zero-order valence-electron chi connectivity index (χ0n) is 11.4. The van der Waals surface area contributed by atoms with E-state index in [9.17, 15) is 9.59 Å². The molecular weight excluding hydrogens is 246 g/mol. The van der Waals surface area contributed by atoms with Gasteiger partial charge < -0.3 is 14.7 Å². The molecule has 0 saturated heterocycles. The van der Waals surface area contributed by atoms with Gasteiger partial charge in [0.05, 0.1) is 5.92 Å². The van der Waals surface area contributed by atoms with Crippen LogP contribution >= 0.6 is 0 Å². The Morgan fingerprint density at radius 1 is 1.42 bits per heavy atom. The zero-order chi connectivity index (χ0) is 14.4. The molecule has 19 heavy (non-hydrogen) atoms. The fraction of sp³-hybridized carbons (Fsp3) is 0.429. The van der Waals surface area contributed by atoms with E-state index in [1.165, 1.54) is 4.90 Å². The molecule has 1 unspecified atom stereocenters. The molecule has 1 N–H and O–H groups in total. The molecule has 1 aromatic carbocycles. The molecule has 0 radical (unpaired) electrons. The van der Waals surface area contributed by atoms with Crippen LogP contribution in [0.3, 0.4) is 0 Å². The fourth-order valence-electron chi connectivity index (χ4n) is 1.55. The van der Waals surface area contributed by atoms with Gasteiger partial charge in [-0.1, -0.05) is 19.1 Å². The molecule has 1 atom stereocenters. The second kappa shape index (κ2) is 6.78. The minimum atomic E-state index is -0.917. The average Bonchev–Trinajstić information content (AvgIpc) is 2.35. The van der Waals surface area contributed by atoms with Crippen molar-refractivity contribution in [2.75, 3.05) is 20.2 Å². The zero-order valence-corrected chi connectivity index (χ0v) is 11.4. The molecule has 1 aromatic rings. The average molecular weight is 265 g/mol. The number of nitrogens with zero attached hydrogens (tertiary/aromatic N) is 1. The van der Waals surface area contributed by atoms with Crippen molar-refractivity contribution in [1.82, 2.24) is 4.90 Å². The number of rotatable bonds is 6. The van der Waals surface area contributed by atoms with Crippen LogP contribution < -0.4 is 4.74 Å². The van der Waals surface area contributed by atoms with E-state index < -0.39 is 11.9 Å². The largest absolute Gasteiger partial charge is 0.484 e. The van der Waals surface area contributed by atoms with E-state index in [-0.39, 0.29) is 19.1 Å². The van der Waals surface area contributed by atoms with Crippen molar-refractivity contribution in [3.05, 3.63) is 29.8 Å². The van der Waals surface area contributed by atoms with Gasteiger partial charge in [0.1, 0.15) is 5.75 Å². The molecule has 1 amide bonds. The molecule has 1 rings (SSSR count). The number of ether oxygens (including phenoxy) is 1. The minimum absolute atomic E-state index is 0.0910. The summed E-state index contributed by atoms with van der Waals surface area (Å²) in [4.78, 5) is 23.8. The molecule has 0 heterocycles. The van der Waals surface area contributed by atoms with Gasteiger partial charge in [-0.3, -0.25) is 9.59 Å². The summed E-state index contributed by atoms with van der Waals surface area (Å²) >= 11 is 0. The third-order valence-electron chi connectivity index (χ3n) is 2.75. The van der Waals surface area contributed by atoms with Gasteiger partial charge in [0.15, 0.2) is 6.61 Å². The molecular formula is C14H19NO4. The van der Waals surface area contributed by atoms with Crippen LogP contribution in [0.2, 0.25) is 0 Å². The van der Waals surface area contributed by atoms with E-state index >= 15 is 0 Å². The summed E-state index contributed by atoms with van der Waals surface area (Å²) in [5.74, 6) is -1.12. The van der Waals surface area contributed by atoms with E-state index in [4.69, 9.17) is 9.84 Å². The Morgan fingerprint density at radius 3 is 2.68 bits per heavy atom. The maximum atomic E-state index is 11.8. The van der Waals surface area contributed by atoms with Gasteiger partial charge in [-0.15, -0.1) is 0 Å². The molecule has 0 aliphatic carbocycles. The Kier molecular flexibility index (Phi) is 5.36. The first-order chi connectivity index (χ1) is 8.90. The van der Waals surface area contributed by atoms with E-state index in [2.05, 4.69) is 0 Å². The molecule has 0 spiro atoms. The number of amides is 1. The predicted molar refractivity (Wildman–Crippen MR) is 71.1 cm³/mol. The first kappa shape index (κ1) is 15.0. The van der Waals surface area contributed by atoms with Crippen LogP contribution in [0.1, 0.15) is 12.5 Å². The Hall–Kier alpha value is -2.04. The highest BCUT2D eigenvalue weighted by molar-refractivity contribution is 5.78. The third kappa shape index (κ3) is 4.99. The summed E-state index contributed by atoms with van der Waals surface area (Å²) in [5.41, 5.74) is 1.05. The van der Waals surface area contributed by atoms with Gasteiger partial charge in [-0.25, -0.2) is 0 Å². The van der Waals surface area contributed by atoms with E-state index in [1.54, 1.807) is 20.0 Å². The van der Waals surface area contributed by atoms with Gasteiger partial charge in [0.2, 0.25) is 0 Å². The summed E-state index contributed by atoms with van der Waals surface area (Å²) < 4.78 is 5.37. The van der Waals surface area contributed by atoms with Crippen molar-refractivity contribution in [1.29, 1.82) is 0 Å². The number of carbonyl (C=O) groups is 2. The lowest BCUT2D eigenvalue weighted by Gasteiger charge is -2.19.